The van der Waals surface area contributed by atoms with E-state index in [1.165, 1.54) is 5.56 Å². The summed E-state index contributed by atoms with van der Waals surface area (Å²) in [6.07, 6.45) is 0. The Labute approximate surface area is 125 Å². The smallest absolute Gasteiger partial charge is 0.335 e. The average molecular weight is 284 g/mol. The van der Waals surface area contributed by atoms with Crippen molar-refractivity contribution in [3.05, 3.63) is 65.2 Å². The van der Waals surface area contributed by atoms with Crippen LogP contribution in [-0.2, 0) is 13.1 Å². The first-order valence-corrected chi connectivity index (χ1v) is 6.84. The molecule has 0 fully saturated rings. The summed E-state index contributed by atoms with van der Waals surface area (Å²) in [5.74, 6) is -0.897. The molecule has 0 saturated heterocycles. The second-order valence-corrected chi connectivity index (χ2v) is 5.29. The summed E-state index contributed by atoms with van der Waals surface area (Å²) in [4.78, 5) is 12.9. The number of benzene rings is 2. The summed E-state index contributed by atoms with van der Waals surface area (Å²) in [7, 11) is 4.09. The van der Waals surface area contributed by atoms with Crippen molar-refractivity contribution >= 4 is 11.7 Å². The van der Waals surface area contributed by atoms with E-state index in [0.29, 0.717) is 12.1 Å². The molecule has 2 N–H and O–H groups in total. The maximum Gasteiger partial charge on any atom is 0.335 e. The Hall–Kier alpha value is -2.33. The lowest BCUT2D eigenvalue weighted by molar-refractivity contribution is 0.0697. The molecule has 2 aromatic carbocycles. The average Bonchev–Trinajstić information content (AvgIpc) is 2.45. The van der Waals surface area contributed by atoms with Gasteiger partial charge in [0.15, 0.2) is 0 Å². The van der Waals surface area contributed by atoms with E-state index in [4.69, 9.17) is 5.11 Å². The van der Waals surface area contributed by atoms with Crippen molar-refractivity contribution in [2.45, 2.75) is 13.1 Å². The zero-order valence-electron chi connectivity index (χ0n) is 12.3. The minimum absolute atomic E-state index is 0.312. The minimum Gasteiger partial charge on any atom is -0.478 e. The van der Waals surface area contributed by atoms with E-state index in [1.54, 1.807) is 12.1 Å². The third-order valence-corrected chi connectivity index (χ3v) is 3.12. The number of carbonyl (C=O) groups is 1. The van der Waals surface area contributed by atoms with Crippen molar-refractivity contribution in [3.8, 4) is 0 Å². The summed E-state index contributed by atoms with van der Waals surface area (Å²) in [5, 5.41) is 12.2. The number of hydrogen-bond donors (Lipinski definition) is 2. The normalized spacial score (nSPS) is 10.6. The van der Waals surface area contributed by atoms with Crippen molar-refractivity contribution in [1.82, 2.24) is 4.90 Å². The largest absolute Gasteiger partial charge is 0.478 e. The van der Waals surface area contributed by atoms with Crippen LogP contribution in [-0.4, -0.2) is 30.1 Å². The summed E-state index contributed by atoms with van der Waals surface area (Å²) < 4.78 is 0. The second-order valence-electron chi connectivity index (χ2n) is 5.29. The lowest BCUT2D eigenvalue weighted by atomic mass is 10.1. The van der Waals surface area contributed by atoms with Crippen LogP contribution in [0.5, 0.6) is 0 Å². The van der Waals surface area contributed by atoms with E-state index in [9.17, 15) is 4.79 Å². The standard InChI is InChI=1S/C17H20N2O2/c1-19(2)12-14-4-3-5-16(10-14)18-11-13-6-8-15(9-7-13)17(20)21/h3-10,18H,11-12H2,1-2H3,(H,20,21). The molecular weight excluding hydrogens is 264 g/mol. The molecule has 0 bridgehead atoms. The predicted octanol–water partition coefficient (Wildman–Crippen LogP) is 3.06. The Morgan fingerprint density at radius 2 is 1.81 bits per heavy atom. The van der Waals surface area contributed by atoms with E-state index < -0.39 is 5.97 Å². The number of aromatic carboxylic acids is 1. The Morgan fingerprint density at radius 3 is 2.43 bits per heavy atom. The Morgan fingerprint density at radius 1 is 1.10 bits per heavy atom. The van der Waals surface area contributed by atoms with Gasteiger partial charge in [0.25, 0.3) is 0 Å². The lowest BCUT2D eigenvalue weighted by Crippen LogP contribution is -2.10. The van der Waals surface area contributed by atoms with Gasteiger partial charge >= 0.3 is 5.97 Å². The molecule has 2 aromatic rings. The SMILES string of the molecule is CN(C)Cc1cccc(NCc2ccc(C(=O)O)cc2)c1. The zero-order valence-corrected chi connectivity index (χ0v) is 12.3. The van der Waals surface area contributed by atoms with Crippen molar-refractivity contribution < 1.29 is 9.90 Å². The highest BCUT2D eigenvalue weighted by Crippen LogP contribution is 2.13. The van der Waals surface area contributed by atoms with Gasteiger partial charge in [-0.15, -0.1) is 0 Å². The highest BCUT2D eigenvalue weighted by molar-refractivity contribution is 5.87. The summed E-state index contributed by atoms with van der Waals surface area (Å²) >= 11 is 0. The number of nitrogens with one attached hydrogen (secondary N) is 1. The van der Waals surface area contributed by atoms with Crippen molar-refractivity contribution in [2.24, 2.45) is 0 Å². The van der Waals surface area contributed by atoms with Crippen LogP contribution in [0.25, 0.3) is 0 Å². The van der Waals surface area contributed by atoms with Crippen LogP contribution in [0, 0.1) is 0 Å². The molecule has 0 atom stereocenters. The maximum absolute atomic E-state index is 10.8. The number of rotatable bonds is 6. The molecule has 0 aromatic heterocycles. The quantitative estimate of drug-likeness (QED) is 0.856. The first-order valence-electron chi connectivity index (χ1n) is 6.84. The second kappa shape index (κ2) is 6.90. The van der Waals surface area contributed by atoms with Crippen LogP contribution < -0.4 is 5.32 Å². The van der Waals surface area contributed by atoms with Gasteiger partial charge in [0.1, 0.15) is 0 Å². The molecule has 4 heteroatoms. The topological polar surface area (TPSA) is 52.6 Å². The molecule has 0 aliphatic carbocycles. The fourth-order valence-electron chi connectivity index (χ4n) is 2.11. The number of carboxylic acids is 1. The van der Waals surface area contributed by atoms with Crippen LogP contribution in [0.2, 0.25) is 0 Å². The van der Waals surface area contributed by atoms with Crippen molar-refractivity contribution in [1.29, 1.82) is 0 Å². The summed E-state index contributed by atoms with van der Waals surface area (Å²) in [5.41, 5.74) is 3.69. The van der Waals surface area contributed by atoms with Gasteiger partial charge in [0.2, 0.25) is 0 Å². The number of hydrogen-bond acceptors (Lipinski definition) is 3. The molecule has 110 valence electrons. The summed E-state index contributed by atoms with van der Waals surface area (Å²) in [6.45, 7) is 1.58. The van der Waals surface area contributed by atoms with Gasteiger partial charge in [-0.25, -0.2) is 4.79 Å². The van der Waals surface area contributed by atoms with Crippen molar-refractivity contribution in [2.75, 3.05) is 19.4 Å². The minimum atomic E-state index is -0.897. The fourth-order valence-corrected chi connectivity index (χ4v) is 2.11. The molecule has 0 spiro atoms. The first-order chi connectivity index (χ1) is 10.0. The molecule has 2 rings (SSSR count). The van der Waals surface area contributed by atoms with E-state index in [1.807, 2.05) is 38.4 Å². The van der Waals surface area contributed by atoms with Gasteiger partial charge in [-0.3, -0.25) is 0 Å². The third kappa shape index (κ3) is 4.61. The lowest BCUT2D eigenvalue weighted by Gasteiger charge is -2.12. The fraction of sp³-hybridized carbons (Fsp3) is 0.235. The van der Waals surface area contributed by atoms with Gasteiger partial charge in [0, 0.05) is 18.8 Å². The highest BCUT2D eigenvalue weighted by Gasteiger charge is 2.02. The monoisotopic (exact) mass is 284 g/mol. The Bertz CT molecular complexity index is 606. The van der Waals surface area contributed by atoms with Gasteiger partial charge < -0.3 is 15.3 Å². The molecule has 0 radical (unpaired) electrons. The van der Waals surface area contributed by atoms with Gasteiger partial charge in [-0.2, -0.15) is 0 Å². The van der Waals surface area contributed by atoms with E-state index >= 15 is 0 Å². The van der Waals surface area contributed by atoms with Crippen LogP contribution in [0.4, 0.5) is 5.69 Å². The Kier molecular flexibility index (Phi) is 4.95. The van der Waals surface area contributed by atoms with E-state index in [2.05, 4.69) is 22.3 Å². The number of nitrogens with zero attached hydrogens (tertiary/aromatic N) is 1. The molecule has 0 aliphatic heterocycles. The molecule has 0 amide bonds. The van der Waals surface area contributed by atoms with Crippen LogP contribution in [0.3, 0.4) is 0 Å². The number of carboxylic acid groups (broad SMARTS) is 1. The van der Waals surface area contributed by atoms with Crippen molar-refractivity contribution in [3.63, 3.8) is 0 Å². The number of anilines is 1. The molecule has 0 aliphatic rings. The van der Waals surface area contributed by atoms with Gasteiger partial charge in [0.05, 0.1) is 5.56 Å². The van der Waals surface area contributed by atoms with Crippen LogP contribution >= 0.6 is 0 Å². The summed E-state index contributed by atoms with van der Waals surface area (Å²) in [6, 6.07) is 15.2. The molecule has 21 heavy (non-hydrogen) atoms. The molecule has 0 saturated carbocycles. The Balaban J connectivity index is 1.97. The van der Waals surface area contributed by atoms with Gasteiger partial charge in [-0.05, 0) is 49.5 Å². The predicted molar refractivity (Wildman–Crippen MR) is 84.6 cm³/mol. The van der Waals surface area contributed by atoms with Gasteiger partial charge in [-0.1, -0.05) is 24.3 Å². The third-order valence-electron chi connectivity index (χ3n) is 3.12. The highest BCUT2D eigenvalue weighted by atomic mass is 16.4. The van der Waals surface area contributed by atoms with Crippen LogP contribution in [0.1, 0.15) is 21.5 Å². The molecule has 0 heterocycles. The van der Waals surface area contributed by atoms with E-state index in [-0.39, 0.29) is 0 Å². The molecule has 0 unspecified atom stereocenters. The first kappa shape index (κ1) is 15.1. The van der Waals surface area contributed by atoms with E-state index in [0.717, 1.165) is 17.8 Å². The van der Waals surface area contributed by atoms with Crippen LogP contribution in [0.15, 0.2) is 48.5 Å². The molecular formula is C17H20N2O2. The maximum atomic E-state index is 10.8. The zero-order chi connectivity index (χ0) is 15.2. The molecule has 4 nitrogen and oxygen atoms in total.